The summed E-state index contributed by atoms with van der Waals surface area (Å²) in [5.74, 6) is 0.677. The van der Waals surface area contributed by atoms with E-state index >= 15 is 0 Å². The van der Waals surface area contributed by atoms with Gasteiger partial charge in [-0.25, -0.2) is 0 Å². The SMILES string of the molecule is COc1ccccc1CC(=O)N1CCCc2ncc(C(=O)N3CCCC[C@@H]3c3ccccc3)cc21. The minimum absolute atomic E-state index is 0.0121. The Bertz CT molecular complexity index is 1210. The van der Waals surface area contributed by atoms with Crippen molar-refractivity contribution in [2.45, 2.75) is 44.6 Å². The van der Waals surface area contributed by atoms with Crippen LogP contribution in [0.25, 0.3) is 0 Å². The summed E-state index contributed by atoms with van der Waals surface area (Å²) in [6, 6.07) is 19.8. The molecule has 1 saturated heterocycles. The Morgan fingerprint density at radius 2 is 1.80 bits per heavy atom. The number of ether oxygens (including phenoxy) is 1. The molecular weight excluding hydrogens is 438 g/mol. The largest absolute Gasteiger partial charge is 0.496 e. The molecule has 0 aliphatic carbocycles. The summed E-state index contributed by atoms with van der Waals surface area (Å²) in [4.78, 5) is 35.5. The van der Waals surface area contributed by atoms with Crippen LogP contribution >= 0.6 is 0 Å². The molecule has 6 heteroatoms. The van der Waals surface area contributed by atoms with Crippen molar-refractivity contribution < 1.29 is 14.3 Å². The number of fused-ring (bicyclic) bond motifs is 1. The molecule has 0 spiro atoms. The maximum absolute atomic E-state index is 13.7. The van der Waals surface area contributed by atoms with E-state index in [1.807, 2.05) is 53.4 Å². The fourth-order valence-electron chi connectivity index (χ4n) is 5.28. The molecule has 1 aromatic heterocycles. The lowest BCUT2D eigenvalue weighted by Gasteiger charge is -2.36. The van der Waals surface area contributed by atoms with Crippen molar-refractivity contribution in [3.05, 3.63) is 89.2 Å². The minimum Gasteiger partial charge on any atom is -0.496 e. The predicted molar refractivity (Wildman–Crippen MR) is 136 cm³/mol. The molecular formula is C29H31N3O3. The summed E-state index contributed by atoms with van der Waals surface area (Å²) in [6.07, 6.45) is 6.65. The summed E-state index contributed by atoms with van der Waals surface area (Å²) in [7, 11) is 1.62. The number of carbonyl (C=O) groups excluding carboxylic acids is 2. The molecule has 6 nitrogen and oxygen atoms in total. The van der Waals surface area contributed by atoms with Crippen molar-refractivity contribution >= 4 is 17.5 Å². The number of pyridine rings is 1. The van der Waals surface area contributed by atoms with Crippen molar-refractivity contribution in [1.29, 1.82) is 0 Å². The lowest BCUT2D eigenvalue weighted by atomic mass is 9.94. The second-order valence-corrected chi connectivity index (χ2v) is 9.25. The smallest absolute Gasteiger partial charge is 0.256 e. The molecule has 2 aliphatic heterocycles. The van der Waals surface area contributed by atoms with E-state index in [2.05, 4.69) is 17.1 Å². The topological polar surface area (TPSA) is 62.7 Å². The Kier molecular flexibility index (Phi) is 6.80. The third kappa shape index (κ3) is 4.78. The molecule has 1 atom stereocenters. The highest BCUT2D eigenvalue weighted by Crippen LogP contribution is 2.34. The number of nitrogens with zero attached hydrogens (tertiary/aromatic N) is 3. The number of methoxy groups -OCH3 is 1. The fraction of sp³-hybridized carbons (Fsp3) is 0.345. The van der Waals surface area contributed by atoms with Crippen molar-refractivity contribution in [3.8, 4) is 5.75 Å². The second-order valence-electron chi connectivity index (χ2n) is 9.25. The van der Waals surface area contributed by atoms with Gasteiger partial charge in [0.25, 0.3) is 5.91 Å². The lowest BCUT2D eigenvalue weighted by molar-refractivity contribution is -0.118. The van der Waals surface area contributed by atoms with Crippen LogP contribution in [0.5, 0.6) is 5.75 Å². The number of carbonyl (C=O) groups is 2. The molecule has 3 heterocycles. The molecule has 0 unspecified atom stereocenters. The van der Waals surface area contributed by atoms with Gasteiger partial charge in [-0.05, 0) is 49.8 Å². The van der Waals surface area contributed by atoms with Crippen LogP contribution in [0, 0.1) is 0 Å². The lowest BCUT2D eigenvalue weighted by Crippen LogP contribution is -2.39. The van der Waals surface area contributed by atoms with Crippen LogP contribution in [0.2, 0.25) is 0 Å². The first-order valence-corrected chi connectivity index (χ1v) is 12.4. The Balaban J connectivity index is 1.41. The van der Waals surface area contributed by atoms with Gasteiger partial charge in [-0.3, -0.25) is 14.6 Å². The molecule has 2 amide bonds. The number of likely N-dealkylation sites (tertiary alicyclic amines) is 1. The van der Waals surface area contributed by atoms with Gasteiger partial charge in [0.2, 0.25) is 5.91 Å². The van der Waals surface area contributed by atoms with Crippen LogP contribution < -0.4 is 9.64 Å². The van der Waals surface area contributed by atoms with E-state index in [0.717, 1.165) is 55.6 Å². The monoisotopic (exact) mass is 469 g/mol. The number of para-hydroxylation sites is 1. The highest BCUT2D eigenvalue weighted by Gasteiger charge is 2.31. The van der Waals surface area contributed by atoms with Crippen molar-refractivity contribution in [3.63, 3.8) is 0 Å². The Hall–Kier alpha value is -3.67. The molecule has 5 rings (SSSR count). The van der Waals surface area contributed by atoms with Gasteiger partial charge in [-0.1, -0.05) is 48.5 Å². The summed E-state index contributed by atoms with van der Waals surface area (Å²) >= 11 is 0. The van der Waals surface area contributed by atoms with E-state index in [9.17, 15) is 9.59 Å². The first-order valence-electron chi connectivity index (χ1n) is 12.4. The van der Waals surface area contributed by atoms with Crippen LogP contribution in [-0.4, -0.2) is 41.9 Å². The van der Waals surface area contributed by atoms with Gasteiger partial charge in [0.1, 0.15) is 5.75 Å². The summed E-state index contributed by atoms with van der Waals surface area (Å²) in [6.45, 7) is 1.35. The van der Waals surface area contributed by atoms with Crippen molar-refractivity contribution in [1.82, 2.24) is 9.88 Å². The summed E-state index contributed by atoms with van der Waals surface area (Å²) in [5.41, 5.74) is 4.20. The van der Waals surface area contributed by atoms with Gasteiger partial charge in [-0.15, -0.1) is 0 Å². The maximum Gasteiger partial charge on any atom is 0.256 e. The first-order chi connectivity index (χ1) is 17.2. The zero-order chi connectivity index (χ0) is 24.2. The highest BCUT2D eigenvalue weighted by atomic mass is 16.5. The summed E-state index contributed by atoms with van der Waals surface area (Å²) in [5, 5.41) is 0. The van der Waals surface area contributed by atoms with Gasteiger partial charge < -0.3 is 14.5 Å². The van der Waals surface area contributed by atoms with E-state index < -0.39 is 0 Å². The van der Waals surface area contributed by atoms with Crippen LogP contribution in [0.15, 0.2) is 66.9 Å². The van der Waals surface area contributed by atoms with Crippen LogP contribution in [0.1, 0.15) is 58.9 Å². The van der Waals surface area contributed by atoms with Gasteiger partial charge in [0, 0.05) is 24.8 Å². The molecule has 0 saturated carbocycles. The van der Waals surface area contributed by atoms with Gasteiger partial charge in [-0.2, -0.15) is 0 Å². The van der Waals surface area contributed by atoms with Crippen LogP contribution in [-0.2, 0) is 17.6 Å². The highest BCUT2D eigenvalue weighted by molar-refractivity contribution is 5.99. The number of aryl methyl sites for hydroxylation is 1. The quantitative estimate of drug-likeness (QED) is 0.529. The third-order valence-electron chi connectivity index (χ3n) is 7.06. The normalized spacial score (nSPS) is 17.6. The number of hydrogen-bond donors (Lipinski definition) is 0. The standard InChI is InChI=1S/C29H31N3O3/c1-35-27-15-6-5-12-22(27)19-28(33)31-17-9-13-24-26(31)18-23(20-30-24)29(34)32-16-8-7-14-25(32)21-10-3-2-4-11-21/h2-6,10-12,15,18,20,25H,7-9,13-14,16-17,19H2,1H3/t25-/m1/s1. The van der Waals surface area contributed by atoms with Crippen LogP contribution in [0.4, 0.5) is 5.69 Å². The number of anilines is 1. The number of hydrogen-bond acceptors (Lipinski definition) is 4. The molecule has 0 radical (unpaired) electrons. The number of piperidine rings is 1. The number of aromatic nitrogens is 1. The van der Waals surface area contributed by atoms with Gasteiger partial charge in [0.05, 0.1) is 36.5 Å². The van der Waals surface area contributed by atoms with E-state index in [1.54, 1.807) is 18.2 Å². The average molecular weight is 470 g/mol. The number of amides is 2. The molecule has 0 bridgehead atoms. The molecule has 3 aromatic rings. The predicted octanol–water partition coefficient (Wildman–Crippen LogP) is 4.98. The fourth-order valence-corrected chi connectivity index (χ4v) is 5.28. The third-order valence-corrected chi connectivity index (χ3v) is 7.06. The summed E-state index contributed by atoms with van der Waals surface area (Å²) < 4.78 is 5.43. The molecule has 2 aliphatic rings. The maximum atomic E-state index is 13.7. The van der Waals surface area contributed by atoms with E-state index in [0.29, 0.717) is 17.9 Å². The van der Waals surface area contributed by atoms with Crippen LogP contribution in [0.3, 0.4) is 0 Å². The zero-order valence-corrected chi connectivity index (χ0v) is 20.2. The molecule has 180 valence electrons. The second kappa shape index (κ2) is 10.3. The Labute approximate surface area is 206 Å². The molecule has 0 N–H and O–H groups in total. The first kappa shape index (κ1) is 23.1. The molecule has 2 aromatic carbocycles. The Morgan fingerprint density at radius 1 is 1.00 bits per heavy atom. The number of benzene rings is 2. The average Bonchev–Trinajstić information content (AvgIpc) is 2.92. The molecule has 1 fully saturated rings. The zero-order valence-electron chi connectivity index (χ0n) is 20.2. The number of rotatable bonds is 5. The van der Waals surface area contributed by atoms with E-state index in [1.165, 1.54) is 5.56 Å². The molecule has 35 heavy (non-hydrogen) atoms. The van der Waals surface area contributed by atoms with Crippen molar-refractivity contribution in [2.24, 2.45) is 0 Å². The minimum atomic E-state index is -0.0171. The van der Waals surface area contributed by atoms with Gasteiger partial charge in [0.15, 0.2) is 0 Å². The van der Waals surface area contributed by atoms with Crippen molar-refractivity contribution in [2.75, 3.05) is 25.1 Å². The Morgan fingerprint density at radius 3 is 2.63 bits per heavy atom. The van der Waals surface area contributed by atoms with E-state index in [-0.39, 0.29) is 24.3 Å². The van der Waals surface area contributed by atoms with Gasteiger partial charge >= 0.3 is 0 Å². The van der Waals surface area contributed by atoms with E-state index in [4.69, 9.17) is 4.74 Å².